The number of carbonyl (C=O) groups excluding carboxylic acids is 4. The molecule has 1 atom stereocenters. The maximum atomic E-state index is 13.1. The van der Waals surface area contributed by atoms with Crippen LogP contribution in [0.2, 0.25) is 0 Å². The van der Waals surface area contributed by atoms with Crippen molar-refractivity contribution in [1.29, 1.82) is 0 Å². The highest BCUT2D eigenvalue weighted by Crippen LogP contribution is 2.35. The normalized spacial score (nSPS) is 20.9. The number of alkyl halides is 3. The number of halogens is 3. The fourth-order valence-electron chi connectivity index (χ4n) is 4.18. The Morgan fingerprint density at radius 1 is 1.09 bits per heavy atom. The van der Waals surface area contributed by atoms with E-state index in [9.17, 15) is 32.3 Å². The number of imide groups is 2. The van der Waals surface area contributed by atoms with E-state index in [2.05, 4.69) is 15.5 Å². The van der Waals surface area contributed by atoms with Gasteiger partial charge in [0.15, 0.2) is 0 Å². The first-order valence-electron chi connectivity index (χ1n) is 10.5. The molecule has 0 aromatic heterocycles. The zero-order valence-electron chi connectivity index (χ0n) is 18.1. The van der Waals surface area contributed by atoms with Crippen LogP contribution in [0.4, 0.5) is 18.9 Å². The molecule has 0 bridgehead atoms. The first-order chi connectivity index (χ1) is 15.9. The lowest BCUT2D eigenvalue weighted by Gasteiger charge is -2.34. The van der Waals surface area contributed by atoms with Crippen molar-refractivity contribution in [3.05, 3.63) is 29.3 Å². The van der Waals surface area contributed by atoms with E-state index in [1.165, 1.54) is 0 Å². The number of hydrogen-bond donors (Lipinski definition) is 3. The van der Waals surface area contributed by atoms with Gasteiger partial charge in [-0.3, -0.25) is 29.4 Å². The van der Waals surface area contributed by atoms with Gasteiger partial charge in [-0.15, -0.1) is 0 Å². The number of aliphatic carboxylic acids is 1. The number of rotatable bonds is 3. The average molecular weight is 484 g/mol. The molecule has 10 nitrogen and oxygen atoms in total. The van der Waals surface area contributed by atoms with E-state index in [1.54, 1.807) is 12.1 Å². The van der Waals surface area contributed by atoms with Crippen molar-refractivity contribution in [2.24, 2.45) is 0 Å². The molecule has 4 rings (SSSR count). The quantitative estimate of drug-likeness (QED) is 0.539. The van der Waals surface area contributed by atoms with Gasteiger partial charge in [0, 0.05) is 19.5 Å². The van der Waals surface area contributed by atoms with Gasteiger partial charge < -0.3 is 15.3 Å². The third kappa shape index (κ3) is 5.03. The standard InChI is InChI=1S/C19H22N4O4.C2HF3O2/c1-22(11-7-9-20-10-8-11)13-4-2-3-12-16(13)19(27)23(18(12)26)14-5-6-15(24)21-17(14)25;3-2(4,5)1(6)7/h2-4,11,14,20H,5-10H2,1H3,(H,21,24,25);(H,6,7). The summed E-state index contributed by atoms with van der Waals surface area (Å²) in [7, 11) is 1.94. The van der Waals surface area contributed by atoms with Crippen LogP contribution in [-0.2, 0) is 14.4 Å². The Morgan fingerprint density at radius 2 is 1.71 bits per heavy atom. The topological polar surface area (TPSA) is 136 Å². The molecular formula is C21H23F3N4O6. The number of benzene rings is 1. The third-order valence-electron chi connectivity index (χ3n) is 5.93. The van der Waals surface area contributed by atoms with E-state index in [0.717, 1.165) is 30.8 Å². The van der Waals surface area contributed by atoms with Crippen molar-refractivity contribution < 1.29 is 42.3 Å². The Kier molecular flexibility index (Phi) is 7.24. The maximum absolute atomic E-state index is 13.1. The summed E-state index contributed by atoms with van der Waals surface area (Å²) in [6, 6.07) is 4.59. The van der Waals surface area contributed by atoms with E-state index in [0.29, 0.717) is 16.8 Å². The Hall–Kier alpha value is -3.48. The zero-order valence-corrected chi connectivity index (χ0v) is 18.1. The minimum Gasteiger partial charge on any atom is -0.475 e. The first-order valence-corrected chi connectivity index (χ1v) is 10.5. The summed E-state index contributed by atoms with van der Waals surface area (Å²) in [5.41, 5.74) is 1.39. The van der Waals surface area contributed by atoms with Crippen molar-refractivity contribution in [3.63, 3.8) is 0 Å². The fourth-order valence-corrected chi connectivity index (χ4v) is 4.18. The lowest BCUT2D eigenvalue weighted by molar-refractivity contribution is -0.192. The molecule has 34 heavy (non-hydrogen) atoms. The number of nitrogens with one attached hydrogen (secondary N) is 2. The van der Waals surface area contributed by atoms with E-state index in [1.807, 2.05) is 13.1 Å². The van der Waals surface area contributed by atoms with Crippen LogP contribution in [-0.4, -0.2) is 78.0 Å². The minimum atomic E-state index is -5.08. The fraction of sp³-hybridized carbons (Fsp3) is 0.476. The molecule has 0 radical (unpaired) electrons. The number of piperidine rings is 2. The van der Waals surface area contributed by atoms with Gasteiger partial charge >= 0.3 is 12.1 Å². The predicted octanol–water partition coefficient (Wildman–Crippen LogP) is 0.909. The highest BCUT2D eigenvalue weighted by Gasteiger charge is 2.46. The van der Waals surface area contributed by atoms with Gasteiger partial charge in [-0.25, -0.2) is 4.79 Å². The van der Waals surface area contributed by atoms with Crippen LogP contribution >= 0.6 is 0 Å². The molecule has 1 aromatic carbocycles. The second-order valence-electron chi connectivity index (χ2n) is 8.04. The van der Waals surface area contributed by atoms with Crippen molar-refractivity contribution in [3.8, 4) is 0 Å². The summed E-state index contributed by atoms with van der Waals surface area (Å²) in [5, 5.41) is 12.7. The molecule has 3 aliphatic heterocycles. The van der Waals surface area contributed by atoms with Crippen LogP contribution in [0.1, 0.15) is 46.4 Å². The van der Waals surface area contributed by atoms with Gasteiger partial charge in [-0.2, -0.15) is 13.2 Å². The van der Waals surface area contributed by atoms with Crippen LogP contribution in [0.15, 0.2) is 18.2 Å². The van der Waals surface area contributed by atoms with Gasteiger partial charge in [0.1, 0.15) is 6.04 Å². The van der Waals surface area contributed by atoms with Gasteiger partial charge in [0.05, 0.1) is 16.8 Å². The van der Waals surface area contributed by atoms with Crippen LogP contribution in [0.3, 0.4) is 0 Å². The smallest absolute Gasteiger partial charge is 0.475 e. The van der Waals surface area contributed by atoms with Crippen LogP contribution in [0, 0.1) is 0 Å². The molecule has 3 heterocycles. The van der Waals surface area contributed by atoms with E-state index >= 15 is 0 Å². The molecule has 2 saturated heterocycles. The molecule has 3 N–H and O–H groups in total. The number of amides is 4. The number of carboxylic acids is 1. The van der Waals surface area contributed by atoms with Crippen molar-refractivity contribution in [1.82, 2.24) is 15.5 Å². The number of hydrogen-bond acceptors (Lipinski definition) is 7. The predicted molar refractivity (Wildman–Crippen MR) is 111 cm³/mol. The molecule has 0 spiro atoms. The molecule has 4 amide bonds. The average Bonchev–Trinajstić information content (AvgIpc) is 3.04. The Morgan fingerprint density at radius 3 is 2.26 bits per heavy atom. The van der Waals surface area contributed by atoms with E-state index in [-0.39, 0.29) is 24.8 Å². The Bertz CT molecular complexity index is 1020. The Balaban J connectivity index is 0.000000406. The number of nitrogens with zero attached hydrogens (tertiary/aromatic N) is 2. The van der Waals surface area contributed by atoms with E-state index in [4.69, 9.17) is 9.90 Å². The molecule has 13 heteroatoms. The van der Waals surface area contributed by atoms with Crippen molar-refractivity contribution >= 4 is 35.3 Å². The number of anilines is 1. The summed E-state index contributed by atoms with van der Waals surface area (Å²) >= 11 is 0. The molecule has 2 fully saturated rings. The molecule has 0 saturated carbocycles. The lowest BCUT2D eigenvalue weighted by atomic mass is 10.0. The van der Waals surface area contributed by atoms with Gasteiger partial charge in [-0.05, 0) is 44.5 Å². The van der Waals surface area contributed by atoms with Crippen LogP contribution in [0.25, 0.3) is 0 Å². The van der Waals surface area contributed by atoms with Gasteiger partial charge in [0.25, 0.3) is 11.8 Å². The summed E-state index contributed by atoms with van der Waals surface area (Å²) in [6.45, 7) is 1.83. The van der Waals surface area contributed by atoms with Gasteiger partial charge in [0.2, 0.25) is 11.8 Å². The molecule has 1 unspecified atom stereocenters. The summed E-state index contributed by atoms with van der Waals surface area (Å²) < 4.78 is 31.7. The lowest BCUT2D eigenvalue weighted by Crippen LogP contribution is -2.54. The number of fused-ring (bicyclic) bond motifs is 1. The van der Waals surface area contributed by atoms with Crippen molar-refractivity contribution in [2.45, 2.75) is 43.9 Å². The molecule has 0 aliphatic carbocycles. The summed E-state index contributed by atoms with van der Waals surface area (Å²) in [5.74, 6) is -4.65. The number of carboxylic acid groups (broad SMARTS) is 1. The summed E-state index contributed by atoms with van der Waals surface area (Å²) in [4.78, 5) is 61.6. The SMILES string of the molecule is CN(c1cccc2c1C(=O)N(C1CCC(=O)NC1=O)C2=O)C1CCNCC1.O=C(O)C(F)(F)F. The van der Waals surface area contributed by atoms with E-state index < -0.39 is 35.9 Å². The van der Waals surface area contributed by atoms with Crippen molar-refractivity contribution in [2.75, 3.05) is 25.0 Å². The number of carbonyl (C=O) groups is 5. The highest BCUT2D eigenvalue weighted by atomic mass is 19.4. The molecule has 1 aromatic rings. The largest absolute Gasteiger partial charge is 0.490 e. The second kappa shape index (κ2) is 9.79. The first kappa shape index (κ1) is 25.1. The Labute approximate surface area is 192 Å². The van der Waals surface area contributed by atoms with Crippen LogP contribution < -0.4 is 15.5 Å². The third-order valence-corrected chi connectivity index (χ3v) is 5.93. The summed E-state index contributed by atoms with van der Waals surface area (Å²) in [6.07, 6.45) is -2.89. The minimum absolute atomic E-state index is 0.117. The zero-order chi connectivity index (χ0) is 25.2. The molecule has 184 valence electrons. The maximum Gasteiger partial charge on any atom is 0.490 e. The van der Waals surface area contributed by atoms with Crippen LogP contribution in [0.5, 0.6) is 0 Å². The molecule has 3 aliphatic rings. The van der Waals surface area contributed by atoms with Gasteiger partial charge in [-0.1, -0.05) is 6.07 Å². The molecular weight excluding hydrogens is 461 g/mol. The highest BCUT2D eigenvalue weighted by molar-refractivity contribution is 6.25. The monoisotopic (exact) mass is 484 g/mol. The second-order valence-corrected chi connectivity index (χ2v) is 8.04.